The molecule has 98 valence electrons. The summed E-state index contributed by atoms with van der Waals surface area (Å²) >= 11 is 0. The SMILES string of the molecule is COc1cc2nc3c4ccccc4c(=O)[nH]c3n2cn1. The summed E-state index contributed by atoms with van der Waals surface area (Å²) in [6.07, 6.45) is 1.59. The fourth-order valence-corrected chi connectivity index (χ4v) is 2.41. The minimum absolute atomic E-state index is 0.134. The summed E-state index contributed by atoms with van der Waals surface area (Å²) < 4.78 is 6.83. The quantitative estimate of drug-likeness (QED) is 0.569. The molecule has 0 unspecified atom stereocenters. The van der Waals surface area contributed by atoms with E-state index >= 15 is 0 Å². The van der Waals surface area contributed by atoms with Crippen LogP contribution in [0.4, 0.5) is 0 Å². The number of pyridine rings is 1. The van der Waals surface area contributed by atoms with Crippen molar-refractivity contribution in [1.29, 1.82) is 0 Å². The molecule has 0 saturated carbocycles. The molecule has 0 aliphatic heterocycles. The lowest BCUT2D eigenvalue weighted by Gasteiger charge is -1.99. The summed E-state index contributed by atoms with van der Waals surface area (Å²) in [6, 6.07) is 9.14. The highest BCUT2D eigenvalue weighted by Crippen LogP contribution is 2.22. The van der Waals surface area contributed by atoms with Crippen molar-refractivity contribution in [3.05, 3.63) is 47.0 Å². The molecule has 3 aromatic heterocycles. The topological polar surface area (TPSA) is 72.3 Å². The molecule has 0 fully saturated rings. The van der Waals surface area contributed by atoms with Crippen molar-refractivity contribution >= 4 is 27.6 Å². The van der Waals surface area contributed by atoms with Gasteiger partial charge in [-0.25, -0.2) is 9.97 Å². The molecule has 0 saturated heterocycles. The van der Waals surface area contributed by atoms with Crippen molar-refractivity contribution in [1.82, 2.24) is 19.4 Å². The number of aromatic nitrogens is 4. The number of methoxy groups -OCH3 is 1. The molecule has 0 aliphatic carbocycles. The Morgan fingerprint density at radius 1 is 1.25 bits per heavy atom. The number of imidazole rings is 1. The van der Waals surface area contributed by atoms with Crippen LogP contribution in [0.2, 0.25) is 0 Å². The third-order valence-electron chi connectivity index (χ3n) is 3.36. The highest BCUT2D eigenvalue weighted by Gasteiger charge is 2.11. The zero-order chi connectivity index (χ0) is 13.7. The van der Waals surface area contributed by atoms with Gasteiger partial charge in [0.15, 0.2) is 0 Å². The first kappa shape index (κ1) is 11.0. The van der Waals surface area contributed by atoms with E-state index in [1.165, 1.54) is 0 Å². The average Bonchev–Trinajstić information content (AvgIpc) is 2.85. The molecule has 4 aromatic rings. The van der Waals surface area contributed by atoms with Crippen LogP contribution in [0.25, 0.3) is 27.6 Å². The van der Waals surface area contributed by atoms with Gasteiger partial charge in [-0.2, -0.15) is 0 Å². The largest absolute Gasteiger partial charge is 0.481 e. The maximum absolute atomic E-state index is 12.1. The van der Waals surface area contributed by atoms with Crippen molar-refractivity contribution in [3.63, 3.8) is 0 Å². The summed E-state index contributed by atoms with van der Waals surface area (Å²) in [5.41, 5.74) is 1.93. The van der Waals surface area contributed by atoms with Crippen LogP contribution < -0.4 is 10.3 Å². The van der Waals surface area contributed by atoms with Crippen LogP contribution in [-0.4, -0.2) is 26.5 Å². The van der Waals surface area contributed by atoms with Gasteiger partial charge >= 0.3 is 0 Å². The number of nitrogens with one attached hydrogen (secondary N) is 1. The number of H-pyrrole nitrogens is 1. The standard InChI is InChI=1S/C14H10N4O2/c1-20-11-6-10-16-12-8-4-2-3-5-9(8)14(19)17-13(12)18(10)7-15-11/h2-7H,1H3,(H,17,19). The molecule has 0 spiro atoms. The van der Waals surface area contributed by atoms with Gasteiger partial charge in [0.1, 0.15) is 23.1 Å². The first-order chi connectivity index (χ1) is 9.78. The molecule has 0 bridgehead atoms. The van der Waals surface area contributed by atoms with E-state index < -0.39 is 0 Å². The second kappa shape index (κ2) is 3.80. The predicted molar refractivity (Wildman–Crippen MR) is 75.2 cm³/mol. The van der Waals surface area contributed by atoms with Crippen LogP contribution in [0.3, 0.4) is 0 Å². The number of hydrogen-bond acceptors (Lipinski definition) is 4. The Bertz CT molecular complexity index is 1020. The Morgan fingerprint density at radius 2 is 2.05 bits per heavy atom. The normalized spacial score (nSPS) is 11.4. The van der Waals surface area contributed by atoms with E-state index in [1.54, 1.807) is 30.0 Å². The van der Waals surface area contributed by atoms with Crippen molar-refractivity contribution in [2.75, 3.05) is 7.11 Å². The van der Waals surface area contributed by atoms with Crippen LogP contribution >= 0.6 is 0 Å². The fraction of sp³-hybridized carbons (Fsp3) is 0.0714. The van der Waals surface area contributed by atoms with E-state index in [0.717, 1.165) is 10.9 Å². The Morgan fingerprint density at radius 3 is 2.85 bits per heavy atom. The molecule has 1 N–H and O–H groups in total. The van der Waals surface area contributed by atoms with Gasteiger partial charge in [0.2, 0.25) is 5.88 Å². The minimum Gasteiger partial charge on any atom is -0.481 e. The Balaban J connectivity index is 2.26. The van der Waals surface area contributed by atoms with Gasteiger partial charge in [-0.05, 0) is 6.07 Å². The molecule has 6 heteroatoms. The molecule has 4 rings (SSSR count). The van der Waals surface area contributed by atoms with Crippen molar-refractivity contribution in [2.45, 2.75) is 0 Å². The number of aromatic amines is 1. The summed E-state index contributed by atoms with van der Waals surface area (Å²) in [4.78, 5) is 23.7. The number of benzene rings is 1. The van der Waals surface area contributed by atoms with Gasteiger partial charge in [0, 0.05) is 16.8 Å². The predicted octanol–water partition coefficient (Wildman–Crippen LogP) is 1.73. The second-order valence-electron chi connectivity index (χ2n) is 4.47. The number of rotatable bonds is 1. The second-order valence-corrected chi connectivity index (χ2v) is 4.47. The number of hydrogen-bond donors (Lipinski definition) is 1. The van der Waals surface area contributed by atoms with E-state index in [2.05, 4.69) is 15.0 Å². The average molecular weight is 266 g/mol. The van der Waals surface area contributed by atoms with E-state index in [4.69, 9.17) is 4.74 Å². The lowest BCUT2D eigenvalue weighted by molar-refractivity contribution is 0.397. The summed E-state index contributed by atoms with van der Waals surface area (Å²) in [5, 5.41) is 1.46. The van der Waals surface area contributed by atoms with Crippen molar-refractivity contribution in [2.24, 2.45) is 0 Å². The van der Waals surface area contributed by atoms with Crippen LogP contribution in [-0.2, 0) is 0 Å². The van der Waals surface area contributed by atoms with E-state index in [1.807, 2.05) is 18.2 Å². The summed E-state index contributed by atoms with van der Waals surface area (Å²) in [5.74, 6) is 0.486. The maximum atomic E-state index is 12.1. The zero-order valence-electron chi connectivity index (χ0n) is 10.6. The van der Waals surface area contributed by atoms with Gasteiger partial charge < -0.3 is 9.72 Å². The van der Waals surface area contributed by atoms with Crippen LogP contribution in [0, 0.1) is 0 Å². The Kier molecular flexibility index (Phi) is 2.09. The van der Waals surface area contributed by atoms with Crippen molar-refractivity contribution in [3.8, 4) is 5.88 Å². The van der Waals surface area contributed by atoms with Crippen LogP contribution in [0.15, 0.2) is 41.5 Å². The van der Waals surface area contributed by atoms with E-state index in [9.17, 15) is 4.79 Å². The number of ether oxygens (including phenoxy) is 1. The van der Waals surface area contributed by atoms with Crippen LogP contribution in [0.1, 0.15) is 0 Å². The Labute approximate surface area is 112 Å². The monoisotopic (exact) mass is 266 g/mol. The third kappa shape index (κ3) is 1.36. The van der Waals surface area contributed by atoms with Crippen molar-refractivity contribution < 1.29 is 4.74 Å². The smallest absolute Gasteiger partial charge is 0.257 e. The van der Waals surface area contributed by atoms with Gasteiger partial charge in [-0.3, -0.25) is 9.20 Å². The maximum Gasteiger partial charge on any atom is 0.257 e. The molecule has 0 radical (unpaired) electrons. The molecule has 20 heavy (non-hydrogen) atoms. The van der Waals surface area contributed by atoms with Gasteiger partial charge in [-0.1, -0.05) is 18.2 Å². The summed E-state index contributed by atoms with van der Waals surface area (Å²) in [7, 11) is 1.55. The highest BCUT2D eigenvalue weighted by atomic mass is 16.5. The first-order valence-corrected chi connectivity index (χ1v) is 6.11. The molecule has 6 nitrogen and oxygen atoms in total. The lowest BCUT2D eigenvalue weighted by Crippen LogP contribution is -2.07. The molecular weight excluding hydrogens is 256 g/mol. The Hall–Kier alpha value is -2.89. The van der Waals surface area contributed by atoms with Gasteiger partial charge in [0.25, 0.3) is 5.56 Å². The zero-order valence-corrected chi connectivity index (χ0v) is 10.6. The molecule has 3 heterocycles. The molecule has 0 amide bonds. The van der Waals surface area contributed by atoms with E-state index in [0.29, 0.717) is 22.6 Å². The third-order valence-corrected chi connectivity index (χ3v) is 3.36. The lowest BCUT2D eigenvalue weighted by atomic mass is 10.1. The summed E-state index contributed by atoms with van der Waals surface area (Å²) in [6.45, 7) is 0. The fourth-order valence-electron chi connectivity index (χ4n) is 2.41. The van der Waals surface area contributed by atoms with E-state index in [-0.39, 0.29) is 5.56 Å². The highest BCUT2D eigenvalue weighted by molar-refractivity contribution is 6.03. The molecule has 0 atom stereocenters. The van der Waals surface area contributed by atoms with Crippen LogP contribution in [0.5, 0.6) is 5.88 Å². The number of fused-ring (bicyclic) bond motifs is 5. The minimum atomic E-state index is -0.134. The first-order valence-electron chi connectivity index (χ1n) is 6.11. The molecule has 0 aliphatic rings. The molecule has 1 aromatic carbocycles. The number of nitrogens with zero attached hydrogens (tertiary/aromatic N) is 3. The molecular formula is C14H10N4O2. The van der Waals surface area contributed by atoms with Gasteiger partial charge in [0.05, 0.1) is 7.11 Å². The van der Waals surface area contributed by atoms with Gasteiger partial charge in [-0.15, -0.1) is 0 Å².